The monoisotopic (exact) mass is 257 g/mol. The molecule has 0 aromatic heterocycles. The van der Waals surface area contributed by atoms with E-state index in [9.17, 15) is 9.59 Å². The average molecular weight is 257 g/mol. The van der Waals surface area contributed by atoms with Crippen molar-refractivity contribution in [2.45, 2.75) is 38.3 Å². The first-order valence-electron chi connectivity index (χ1n) is 6.41. The normalized spacial score (nSPS) is 21.5. The Labute approximate surface area is 108 Å². The van der Waals surface area contributed by atoms with Gasteiger partial charge in [-0.15, -0.1) is 0 Å². The predicted molar refractivity (Wildman–Crippen MR) is 67.9 cm³/mol. The molecule has 2 atom stereocenters. The second kappa shape index (κ2) is 7.33. The Morgan fingerprint density at radius 2 is 2.28 bits per heavy atom. The van der Waals surface area contributed by atoms with Crippen LogP contribution in [0.4, 0.5) is 0 Å². The van der Waals surface area contributed by atoms with Gasteiger partial charge in [0.1, 0.15) is 6.04 Å². The summed E-state index contributed by atoms with van der Waals surface area (Å²) >= 11 is 0. The number of carbonyl (C=O) groups is 2. The molecule has 2 amide bonds. The van der Waals surface area contributed by atoms with Crippen LogP contribution < -0.4 is 11.1 Å². The number of amides is 2. The van der Waals surface area contributed by atoms with Gasteiger partial charge in [-0.05, 0) is 12.8 Å². The molecule has 3 N–H and O–H groups in total. The number of piperidine rings is 1. The number of nitrogens with two attached hydrogens (primary N) is 1. The maximum atomic E-state index is 12.0. The third kappa shape index (κ3) is 4.27. The molecule has 0 radical (unpaired) electrons. The van der Waals surface area contributed by atoms with Crippen LogP contribution in [0.25, 0.3) is 0 Å². The van der Waals surface area contributed by atoms with Crippen LogP contribution in [0, 0.1) is 0 Å². The van der Waals surface area contributed by atoms with Gasteiger partial charge in [0, 0.05) is 32.7 Å². The summed E-state index contributed by atoms with van der Waals surface area (Å²) in [5, 5.41) is 2.92. The van der Waals surface area contributed by atoms with Crippen molar-refractivity contribution in [3.63, 3.8) is 0 Å². The summed E-state index contributed by atoms with van der Waals surface area (Å²) in [4.78, 5) is 25.0. The van der Waals surface area contributed by atoms with Gasteiger partial charge in [-0.2, -0.15) is 0 Å². The molecule has 0 aliphatic carbocycles. The third-order valence-corrected chi connectivity index (χ3v) is 3.08. The van der Waals surface area contributed by atoms with Gasteiger partial charge in [-0.25, -0.2) is 0 Å². The van der Waals surface area contributed by atoms with E-state index in [1.165, 1.54) is 7.11 Å². The molecule has 6 nitrogen and oxygen atoms in total. The Kier molecular flexibility index (Phi) is 6.07. The van der Waals surface area contributed by atoms with Crippen molar-refractivity contribution in [1.29, 1.82) is 0 Å². The quantitative estimate of drug-likeness (QED) is 0.694. The summed E-state index contributed by atoms with van der Waals surface area (Å²) < 4.78 is 4.88. The van der Waals surface area contributed by atoms with E-state index in [0.717, 1.165) is 12.8 Å². The summed E-state index contributed by atoms with van der Waals surface area (Å²) in [5.74, 6) is -0.0808. The molecule has 2 unspecified atom stereocenters. The third-order valence-electron chi connectivity index (χ3n) is 3.08. The standard InChI is InChI=1S/C12H23N3O3/c1-3-11(16)14-9-5-4-6-15(7-9)12(17)10(13)8-18-2/h9-10H,3-8,13H2,1-2H3,(H,14,16). The van der Waals surface area contributed by atoms with Crippen molar-refractivity contribution in [1.82, 2.24) is 10.2 Å². The fraction of sp³-hybridized carbons (Fsp3) is 0.833. The minimum Gasteiger partial charge on any atom is -0.383 e. The number of ether oxygens (including phenoxy) is 1. The van der Waals surface area contributed by atoms with Crippen molar-refractivity contribution >= 4 is 11.8 Å². The van der Waals surface area contributed by atoms with Crippen LogP contribution in [0.2, 0.25) is 0 Å². The number of likely N-dealkylation sites (tertiary alicyclic amines) is 1. The molecule has 0 aromatic carbocycles. The van der Waals surface area contributed by atoms with E-state index >= 15 is 0 Å². The van der Waals surface area contributed by atoms with E-state index in [-0.39, 0.29) is 24.5 Å². The molecule has 0 bridgehead atoms. The van der Waals surface area contributed by atoms with E-state index in [0.29, 0.717) is 19.5 Å². The molecule has 0 aromatic rings. The van der Waals surface area contributed by atoms with Gasteiger partial charge >= 0.3 is 0 Å². The number of hydrogen-bond acceptors (Lipinski definition) is 4. The van der Waals surface area contributed by atoms with Gasteiger partial charge in [-0.1, -0.05) is 6.92 Å². The summed E-state index contributed by atoms with van der Waals surface area (Å²) in [5.41, 5.74) is 5.73. The number of nitrogens with zero attached hydrogens (tertiary/aromatic N) is 1. The van der Waals surface area contributed by atoms with Crippen molar-refractivity contribution < 1.29 is 14.3 Å². The highest BCUT2D eigenvalue weighted by molar-refractivity contribution is 5.82. The number of methoxy groups -OCH3 is 1. The lowest BCUT2D eigenvalue weighted by atomic mass is 10.0. The Morgan fingerprint density at radius 3 is 2.89 bits per heavy atom. The maximum Gasteiger partial charge on any atom is 0.241 e. The second-order valence-electron chi connectivity index (χ2n) is 4.61. The van der Waals surface area contributed by atoms with Gasteiger partial charge < -0.3 is 20.7 Å². The zero-order valence-electron chi connectivity index (χ0n) is 11.1. The highest BCUT2D eigenvalue weighted by atomic mass is 16.5. The van der Waals surface area contributed by atoms with Gasteiger partial charge in [0.25, 0.3) is 0 Å². The molecule has 0 spiro atoms. The molecule has 0 saturated carbocycles. The lowest BCUT2D eigenvalue weighted by Crippen LogP contribution is -2.54. The lowest BCUT2D eigenvalue weighted by Gasteiger charge is -2.34. The second-order valence-corrected chi connectivity index (χ2v) is 4.61. The molecule has 1 aliphatic heterocycles. The Balaban J connectivity index is 2.47. The molecule has 1 saturated heterocycles. The predicted octanol–water partition coefficient (Wildman–Crippen LogP) is -0.523. The van der Waals surface area contributed by atoms with Crippen LogP contribution in [0.5, 0.6) is 0 Å². The smallest absolute Gasteiger partial charge is 0.241 e. The van der Waals surface area contributed by atoms with Crippen LogP contribution >= 0.6 is 0 Å². The number of carbonyl (C=O) groups excluding carboxylic acids is 2. The fourth-order valence-corrected chi connectivity index (χ4v) is 2.11. The van der Waals surface area contributed by atoms with Crippen molar-refractivity contribution in [2.24, 2.45) is 5.73 Å². The van der Waals surface area contributed by atoms with Gasteiger partial charge in [0.15, 0.2) is 0 Å². The van der Waals surface area contributed by atoms with Crippen LogP contribution in [0.15, 0.2) is 0 Å². The summed E-state index contributed by atoms with van der Waals surface area (Å²) in [6.07, 6.45) is 2.27. The number of hydrogen-bond donors (Lipinski definition) is 2. The topological polar surface area (TPSA) is 84.7 Å². The van der Waals surface area contributed by atoms with E-state index in [2.05, 4.69) is 5.32 Å². The molecule has 18 heavy (non-hydrogen) atoms. The summed E-state index contributed by atoms with van der Waals surface area (Å²) in [6, 6.07) is -0.569. The van der Waals surface area contributed by atoms with E-state index < -0.39 is 6.04 Å². The molecule has 104 valence electrons. The van der Waals surface area contributed by atoms with Gasteiger partial charge in [0.2, 0.25) is 11.8 Å². The van der Waals surface area contributed by atoms with Crippen LogP contribution in [-0.4, -0.2) is 55.6 Å². The van der Waals surface area contributed by atoms with Crippen LogP contribution in [-0.2, 0) is 14.3 Å². The van der Waals surface area contributed by atoms with E-state index in [1.807, 2.05) is 6.92 Å². The molecule has 1 rings (SSSR count). The summed E-state index contributed by atoms with van der Waals surface area (Å²) in [6.45, 7) is 3.29. The zero-order chi connectivity index (χ0) is 13.5. The largest absolute Gasteiger partial charge is 0.383 e. The first-order chi connectivity index (χ1) is 8.58. The molecule has 1 fully saturated rings. The zero-order valence-corrected chi connectivity index (χ0v) is 11.1. The number of nitrogens with one attached hydrogen (secondary N) is 1. The van der Waals surface area contributed by atoms with Crippen LogP contribution in [0.3, 0.4) is 0 Å². The van der Waals surface area contributed by atoms with Crippen LogP contribution in [0.1, 0.15) is 26.2 Å². The minimum atomic E-state index is -0.615. The van der Waals surface area contributed by atoms with E-state index in [1.54, 1.807) is 4.90 Å². The lowest BCUT2D eigenvalue weighted by molar-refractivity contribution is -0.136. The minimum absolute atomic E-state index is 0.0236. The highest BCUT2D eigenvalue weighted by Gasteiger charge is 2.27. The molecule has 1 aliphatic rings. The first-order valence-corrected chi connectivity index (χ1v) is 6.41. The molecule has 1 heterocycles. The van der Waals surface area contributed by atoms with Gasteiger partial charge in [-0.3, -0.25) is 9.59 Å². The highest BCUT2D eigenvalue weighted by Crippen LogP contribution is 2.11. The first kappa shape index (κ1) is 14.9. The Hall–Kier alpha value is -1.14. The van der Waals surface area contributed by atoms with E-state index in [4.69, 9.17) is 10.5 Å². The Morgan fingerprint density at radius 1 is 1.56 bits per heavy atom. The SMILES string of the molecule is CCC(=O)NC1CCCN(C(=O)C(N)COC)C1. The maximum absolute atomic E-state index is 12.0. The van der Waals surface area contributed by atoms with Crippen molar-refractivity contribution in [3.8, 4) is 0 Å². The Bertz CT molecular complexity index is 296. The fourth-order valence-electron chi connectivity index (χ4n) is 2.11. The molecule has 6 heteroatoms. The summed E-state index contributed by atoms with van der Waals surface area (Å²) in [7, 11) is 1.52. The van der Waals surface area contributed by atoms with Crippen molar-refractivity contribution in [2.75, 3.05) is 26.8 Å². The van der Waals surface area contributed by atoms with Crippen molar-refractivity contribution in [3.05, 3.63) is 0 Å². The molecular formula is C12H23N3O3. The molecular weight excluding hydrogens is 234 g/mol. The number of rotatable bonds is 5. The van der Waals surface area contributed by atoms with Gasteiger partial charge in [0.05, 0.1) is 6.61 Å². The average Bonchev–Trinajstić information content (AvgIpc) is 2.38.